The van der Waals surface area contributed by atoms with Gasteiger partial charge in [0.15, 0.2) is 0 Å². The minimum Gasteiger partial charge on any atom is -0.458 e. The van der Waals surface area contributed by atoms with Crippen LogP contribution >= 0.6 is 0 Å². The second-order valence-corrected chi connectivity index (χ2v) is 26.6. The standard InChI is InChI=1S/C32H22N3O.C18H24GeN.Ir/c1-20-18-23(22-10-4-3-5-11-22)19-21(2)30(20)35-27-15-7-6-14-26(27)34-31(35)24-12-8-16-28-29(24)25-13-9-17-33-32(25)36-28;1-14(2)11-16-12-18(15-9-7-6-8-10-15)20-13-17(16)19(3,4)5;/h3-11,13-19H,1-2H3;6-9,12-14H,11H2,1-5H3;/q2*-1;. The molecule has 0 atom stereocenters. The Kier molecular flexibility index (Phi) is 11.8. The Balaban J connectivity index is 0.000000202. The maximum absolute atomic E-state index is 6.08. The van der Waals surface area contributed by atoms with Gasteiger partial charge in [-0.3, -0.25) is 4.98 Å². The normalized spacial score (nSPS) is 11.5. The Hall–Kier alpha value is -5.14. The zero-order chi connectivity index (χ0) is 39.0. The van der Waals surface area contributed by atoms with E-state index in [1.165, 1.54) is 27.8 Å². The van der Waals surface area contributed by atoms with Gasteiger partial charge in [0.25, 0.3) is 0 Å². The summed E-state index contributed by atoms with van der Waals surface area (Å²) >= 11 is -1.86. The predicted molar refractivity (Wildman–Crippen MR) is 235 cm³/mol. The van der Waals surface area contributed by atoms with E-state index in [-0.39, 0.29) is 20.1 Å². The zero-order valence-corrected chi connectivity index (χ0v) is 38.0. The Bertz CT molecular complexity index is 2800. The Morgan fingerprint density at radius 3 is 2.21 bits per heavy atom. The second-order valence-electron chi connectivity index (χ2n) is 16.0. The summed E-state index contributed by atoms with van der Waals surface area (Å²) in [6.45, 7) is 8.92. The average molecular weight is 984 g/mol. The monoisotopic (exact) mass is 985 g/mol. The van der Waals surface area contributed by atoms with E-state index in [1.54, 1.807) is 10.6 Å². The summed E-state index contributed by atoms with van der Waals surface area (Å²) in [6, 6.07) is 48.3. The van der Waals surface area contributed by atoms with Crippen molar-refractivity contribution in [1.29, 1.82) is 0 Å². The number of aryl methyl sites for hydroxylation is 2. The van der Waals surface area contributed by atoms with Crippen molar-refractivity contribution in [2.45, 2.75) is 51.4 Å². The van der Waals surface area contributed by atoms with E-state index in [1.807, 2.05) is 54.6 Å². The van der Waals surface area contributed by atoms with E-state index < -0.39 is 13.3 Å². The van der Waals surface area contributed by atoms with Gasteiger partial charge >= 0.3 is 126 Å². The van der Waals surface area contributed by atoms with Gasteiger partial charge in [-0.15, -0.1) is 12.1 Å². The quantitative estimate of drug-likeness (QED) is 0.118. The number of benzene rings is 5. The van der Waals surface area contributed by atoms with Crippen LogP contribution in [-0.4, -0.2) is 32.8 Å². The molecule has 57 heavy (non-hydrogen) atoms. The first-order chi connectivity index (χ1) is 27.1. The number of para-hydroxylation sites is 2. The van der Waals surface area contributed by atoms with Gasteiger partial charge in [-0.2, -0.15) is 0 Å². The molecule has 0 bridgehead atoms. The van der Waals surface area contributed by atoms with Gasteiger partial charge in [0.2, 0.25) is 5.71 Å². The molecule has 9 rings (SSSR count). The Labute approximate surface area is 352 Å². The third-order valence-corrected chi connectivity index (χ3v) is 14.6. The molecule has 1 radical (unpaired) electrons. The Morgan fingerprint density at radius 2 is 1.49 bits per heavy atom. The van der Waals surface area contributed by atoms with Crippen LogP contribution in [0.3, 0.4) is 0 Å². The first kappa shape index (κ1) is 40.1. The molecule has 0 saturated carbocycles. The number of aromatic nitrogens is 4. The van der Waals surface area contributed by atoms with Crippen molar-refractivity contribution in [3.8, 4) is 39.5 Å². The maximum atomic E-state index is 6.08. The van der Waals surface area contributed by atoms with Crippen LogP contribution in [0.1, 0.15) is 30.5 Å². The molecule has 5 aromatic carbocycles. The molecule has 0 aliphatic carbocycles. The van der Waals surface area contributed by atoms with E-state index in [0.29, 0.717) is 11.6 Å². The van der Waals surface area contributed by atoms with E-state index >= 15 is 0 Å². The van der Waals surface area contributed by atoms with E-state index in [4.69, 9.17) is 14.4 Å². The van der Waals surface area contributed by atoms with Gasteiger partial charge in [-0.25, -0.2) is 4.98 Å². The van der Waals surface area contributed by atoms with Crippen LogP contribution in [0.15, 0.2) is 138 Å². The van der Waals surface area contributed by atoms with Gasteiger partial charge < -0.3 is 8.98 Å². The van der Waals surface area contributed by atoms with Crippen LogP contribution in [0.25, 0.3) is 72.6 Å². The van der Waals surface area contributed by atoms with E-state index in [9.17, 15) is 0 Å². The smallest absolute Gasteiger partial charge is 0.215 e. The van der Waals surface area contributed by atoms with Crippen LogP contribution in [0.5, 0.6) is 0 Å². The third-order valence-electron chi connectivity index (χ3n) is 10.2. The van der Waals surface area contributed by atoms with Crippen molar-refractivity contribution in [3.05, 3.63) is 163 Å². The molecule has 7 heteroatoms. The number of furan rings is 1. The molecule has 0 amide bonds. The molecule has 0 unspecified atom stereocenters. The van der Waals surface area contributed by atoms with Crippen LogP contribution in [0.2, 0.25) is 17.3 Å². The number of hydrogen-bond acceptors (Lipinski definition) is 4. The molecule has 287 valence electrons. The van der Waals surface area contributed by atoms with Crippen LogP contribution in [0, 0.1) is 31.9 Å². The van der Waals surface area contributed by atoms with Gasteiger partial charge in [0.05, 0.1) is 22.4 Å². The Morgan fingerprint density at radius 1 is 0.754 bits per heavy atom. The molecule has 9 aromatic rings. The molecular formula is C50H46GeIrN4O-2. The topological polar surface area (TPSA) is 56.7 Å². The molecule has 0 saturated heterocycles. The summed E-state index contributed by atoms with van der Waals surface area (Å²) in [7, 11) is 0. The number of nitrogens with zero attached hydrogens (tertiary/aromatic N) is 4. The van der Waals surface area contributed by atoms with Crippen molar-refractivity contribution in [1.82, 2.24) is 19.5 Å². The van der Waals surface area contributed by atoms with Crippen molar-refractivity contribution in [2.24, 2.45) is 5.92 Å². The number of imidazole rings is 1. The van der Waals surface area contributed by atoms with Crippen molar-refractivity contribution in [2.75, 3.05) is 0 Å². The first-order valence-corrected chi connectivity index (χ1v) is 26.7. The molecule has 0 aliphatic heterocycles. The maximum Gasteiger partial charge on any atom is 0.215 e. The van der Waals surface area contributed by atoms with E-state index in [2.05, 4.69) is 140 Å². The van der Waals surface area contributed by atoms with Crippen LogP contribution in [-0.2, 0) is 26.5 Å². The fourth-order valence-electron chi connectivity index (χ4n) is 7.78. The molecule has 4 heterocycles. The summed E-state index contributed by atoms with van der Waals surface area (Å²) in [6.07, 6.45) is 5.03. The number of rotatable bonds is 7. The van der Waals surface area contributed by atoms with Crippen molar-refractivity contribution >= 4 is 50.8 Å². The van der Waals surface area contributed by atoms with Crippen molar-refractivity contribution in [3.63, 3.8) is 0 Å². The van der Waals surface area contributed by atoms with Crippen LogP contribution < -0.4 is 4.40 Å². The number of hydrogen-bond donors (Lipinski definition) is 0. The molecule has 0 N–H and O–H groups in total. The fourth-order valence-corrected chi connectivity index (χ4v) is 11.1. The van der Waals surface area contributed by atoms with E-state index in [0.717, 1.165) is 62.1 Å². The summed E-state index contributed by atoms with van der Waals surface area (Å²) in [5.74, 6) is 8.83. The zero-order valence-electron chi connectivity index (χ0n) is 33.5. The van der Waals surface area contributed by atoms with Crippen LogP contribution in [0.4, 0.5) is 0 Å². The molecule has 0 aliphatic rings. The first-order valence-electron chi connectivity index (χ1n) is 19.4. The summed E-state index contributed by atoms with van der Waals surface area (Å²) < 4.78 is 9.89. The fraction of sp³-hybridized carbons (Fsp3) is 0.180. The number of fused-ring (bicyclic) bond motifs is 4. The molecule has 0 fully saturated rings. The van der Waals surface area contributed by atoms with Gasteiger partial charge in [0.1, 0.15) is 0 Å². The molecular weight excluding hydrogens is 937 g/mol. The minimum absolute atomic E-state index is 0. The van der Waals surface area contributed by atoms with Gasteiger partial charge in [-0.1, -0.05) is 65.5 Å². The van der Waals surface area contributed by atoms with Crippen molar-refractivity contribution < 1.29 is 24.5 Å². The molecule has 5 nitrogen and oxygen atoms in total. The molecule has 0 spiro atoms. The second kappa shape index (κ2) is 16.8. The third kappa shape index (κ3) is 8.18. The molecule has 4 aromatic heterocycles. The summed E-state index contributed by atoms with van der Waals surface area (Å²) in [4.78, 5) is 14.3. The average Bonchev–Trinajstić information content (AvgIpc) is 3.77. The predicted octanol–water partition coefficient (Wildman–Crippen LogP) is 12.4. The SMILES string of the molecule is CC(C)Cc1cc(-c2[c-]cccc2)nc[c]1[Ge]([CH3])([CH3])[CH3].Cc1cc(-c2ccccc2)cc(C)c1-n1c(-c2[c-]ccc3oc4ncccc4c23)nc2ccccc21.[Ir]. The van der Waals surface area contributed by atoms with Gasteiger partial charge in [-0.05, 0) is 66.4 Å². The summed E-state index contributed by atoms with van der Waals surface area (Å²) in [5, 5.41) is 1.94. The minimum atomic E-state index is -1.86. The van der Waals surface area contributed by atoms with Gasteiger partial charge in [0, 0.05) is 37.4 Å². The summed E-state index contributed by atoms with van der Waals surface area (Å²) in [5.41, 5.74) is 13.9. The number of pyridine rings is 2. The largest absolute Gasteiger partial charge is 0.458 e.